The summed E-state index contributed by atoms with van der Waals surface area (Å²) in [6.07, 6.45) is 0. The molecule has 0 aliphatic heterocycles. The van der Waals surface area contributed by atoms with Crippen molar-refractivity contribution in [1.82, 2.24) is 0 Å². The van der Waals surface area contributed by atoms with E-state index in [9.17, 15) is 4.79 Å². The zero-order valence-electron chi connectivity index (χ0n) is 9.47. The third kappa shape index (κ3) is 3.37. The minimum absolute atomic E-state index is 0.334. The van der Waals surface area contributed by atoms with Gasteiger partial charge in [0.05, 0.1) is 5.56 Å². The number of carboxylic acid groups (broad SMARTS) is 1. The van der Waals surface area contributed by atoms with E-state index in [1.165, 1.54) is 0 Å². The van der Waals surface area contributed by atoms with E-state index < -0.39 is 5.97 Å². The van der Waals surface area contributed by atoms with Gasteiger partial charge in [-0.1, -0.05) is 24.3 Å². The van der Waals surface area contributed by atoms with Crippen LogP contribution < -0.4 is 0 Å². The van der Waals surface area contributed by atoms with Crippen molar-refractivity contribution in [2.24, 2.45) is 0 Å². The van der Waals surface area contributed by atoms with Gasteiger partial charge in [-0.25, -0.2) is 4.79 Å². The molecule has 1 N–H and O–H groups in total. The van der Waals surface area contributed by atoms with E-state index in [0.717, 1.165) is 20.7 Å². The summed E-state index contributed by atoms with van der Waals surface area (Å²) in [4.78, 5) is 12.0. The third-order valence-electron chi connectivity index (χ3n) is 2.40. The molecule has 0 aromatic heterocycles. The number of carboxylic acids is 1. The molecule has 2 aromatic carbocycles. The van der Waals surface area contributed by atoms with Gasteiger partial charge in [0.1, 0.15) is 0 Å². The Morgan fingerprint density at radius 1 is 1.17 bits per heavy atom. The predicted octanol–water partition coefficient (Wildman–Crippen LogP) is 4.44. The quantitative estimate of drug-likeness (QED) is 0.845. The van der Waals surface area contributed by atoms with Gasteiger partial charge in [0.15, 0.2) is 0 Å². The van der Waals surface area contributed by atoms with E-state index in [1.54, 1.807) is 30.0 Å². The maximum atomic E-state index is 10.9. The zero-order valence-corrected chi connectivity index (χ0v) is 11.9. The Morgan fingerprint density at radius 3 is 2.67 bits per heavy atom. The predicted molar refractivity (Wildman–Crippen MR) is 77.1 cm³/mol. The third-order valence-corrected chi connectivity index (χ3v) is 4.50. The van der Waals surface area contributed by atoms with Gasteiger partial charge in [-0.3, -0.25) is 0 Å². The number of halogens is 1. The molecule has 0 fully saturated rings. The maximum absolute atomic E-state index is 10.9. The van der Waals surface area contributed by atoms with Gasteiger partial charge in [-0.15, -0.1) is 11.8 Å². The van der Waals surface area contributed by atoms with Gasteiger partial charge in [0, 0.05) is 15.1 Å². The number of benzene rings is 2. The SMILES string of the molecule is O=C(O)c1cccc(CSc2ccccc2Br)c1. The highest BCUT2D eigenvalue weighted by atomic mass is 79.9. The molecule has 0 aliphatic carbocycles. The second-order valence-corrected chi connectivity index (χ2v) is 5.60. The normalized spacial score (nSPS) is 10.3. The van der Waals surface area contributed by atoms with Crippen LogP contribution in [0.5, 0.6) is 0 Å². The average molecular weight is 323 g/mol. The van der Waals surface area contributed by atoms with E-state index in [1.807, 2.05) is 30.3 Å². The summed E-state index contributed by atoms with van der Waals surface area (Å²) < 4.78 is 1.06. The fourth-order valence-electron chi connectivity index (χ4n) is 1.52. The van der Waals surface area contributed by atoms with Crippen LogP contribution >= 0.6 is 27.7 Å². The monoisotopic (exact) mass is 322 g/mol. The highest BCUT2D eigenvalue weighted by Gasteiger charge is 2.04. The summed E-state index contributed by atoms with van der Waals surface area (Å²) in [5.41, 5.74) is 1.34. The average Bonchev–Trinajstić information content (AvgIpc) is 2.38. The molecule has 2 rings (SSSR count). The van der Waals surface area contributed by atoms with Crippen molar-refractivity contribution < 1.29 is 9.90 Å². The first kappa shape index (κ1) is 13.2. The zero-order chi connectivity index (χ0) is 13.0. The van der Waals surface area contributed by atoms with E-state index in [-0.39, 0.29) is 0 Å². The van der Waals surface area contributed by atoms with Crippen LogP contribution in [0.15, 0.2) is 57.9 Å². The molecular weight excluding hydrogens is 312 g/mol. The number of thioether (sulfide) groups is 1. The maximum Gasteiger partial charge on any atom is 0.335 e. The number of hydrogen-bond donors (Lipinski definition) is 1. The number of carbonyl (C=O) groups is 1. The van der Waals surface area contributed by atoms with Gasteiger partial charge in [-0.2, -0.15) is 0 Å². The molecule has 92 valence electrons. The van der Waals surface area contributed by atoms with Crippen molar-refractivity contribution in [3.8, 4) is 0 Å². The molecule has 0 radical (unpaired) electrons. The molecule has 0 saturated heterocycles. The molecule has 0 bridgehead atoms. The van der Waals surface area contributed by atoms with Crippen molar-refractivity contribution in [1.29, 1.82) is 0 Å². The summed E-state index contributed by atoms with van der Waals surface area (Å²) in [5.74, 6) is -0.133. The van der Waals surface area contributed by atoms with Crippen molar-refractivity contribution in [2.75, 3.05) is 0 Å². The number of hydrogen-bond acceptors (Lipinski definition) is 2. The first-order chi connectivity index (χ1) is 8.66. The first-order valence-electron chi connectivity index (χ1n) is 5.36. The van der Waals surface area contributed by atoms with Crippen molar-refractivity contribution in [3.63, 3.8) is 0 Å². The van der Waals surface area contributed by atoms with Crippen LogP contribution in [-0.2, 0) is 5.75 Å². The molecule has 4 heteroatoms. The first-order valence-corrected chi connectivity index (χ1v) is 7.14. The molecule has 0 amide bonds. The second kappa shape index (κ2) is 6.07. The van der Waals surface area contributed by atoms with Crippen molar-refractivity contribution in [2.45, 2.75) is 10.6 Å². The minimum atomic E-state index is -0.886. The molecule has 0 aliphatic rings. The van der Waals surface area contributed by atoms with Gasteiger partial charge < -0.3 is 5.11 Å². The Bertz CT molecular complexity index is 569. The van der Waals surface area contributed by atoms with Crippen LogP contribution in [0.4, 0.5) is 0 Å². The molecular formula is C14H11BrO2S. The lowest BCUT2D eigenvalue weighted by Gasteiger charge is -2.05. The van der Waals surface area contributed by atoms with Gasteiger partial charge >= 0.3 is 5.97 Å². The van der Waals surface area contributed by atoms with Crippen LogP contribution in [0.1, 0.15) is 15.9 Å². The van der Waals surface area contributed by atoms with Crippen LogP contribution in [0.2, 0.25) is 0 Å². The minimum Gasteiger partial charge on any atom is -0.478 e. The van der Waals surface area contributed by atoms with E-state index in [0.29, 0.717) is 5.56 Å². The molecule has 18 heavy (non-hydrogen) atoms. The van der Waals surface area contributed by atoms with Crippen LogP contribution in [0, 0.1) is 0 Å². The van der Waals surface area contributed by atoms with E-state index in [4.69, 9.17) is 5.11 Å². The molecule has 0 spiro atoms. The molecule has 0 unspecified atom stereocenters. The molecule has 2 aromatic rings. The Labute approximate surface area is 118 Å². The highest BCUT2D eigenvalue weighted by Crippen LogP contribution is 2.29. The Morgan fingerprint density at radius 2 is 1.94 bits per heavy atom. The van der Waals surface area contributed by atoms with E-state index in [2.05, 4.69) is 15.9 Å². The van der Waals surface area contributed by atoms with Gasteiger partial charge in [0.25, 0.3) is 0 Å². The second-order valence-electron chi connectivity index (χ2n) is 3.72. The molecule has 2 nitrogen and oxygen atoms in total. The smallest absolute Gasteiger partial charge is 0.335 e. The van der Waals surface area contributed by atoms with Crippen molar-refractivity contribution in [3.05, 3.63) is 64.1 Å². The number of aromatic carboxylic acids is 1. The fraction of sp³-hybridized carbons (Fsp3) is 0.0714. The Hall–Kier alpha value is -1.26. The van der Waals surface area contributed by atoms with E-state index >= 15 is 0 Å². The van der Waals surface area contributed by atoms with Gasteiger partial charge in [-0.05, 0) is 45.8 Å². The number of rotatable bonds is 4. The Kier molecular flexibility index (Phi) is 4.44. The van der Waals surface area contributed by atoms with Crippen LogP contribution in [0.3, 0.4) is 0 Å². The topological polar surface area (TPSA) is 37.3 Å². The summed E-state index contributed by atoms with van der Waals surface area (Å²) in [6.45, 7) is 0. The largest absolute Gasteiger partial charge is 0.478 e. The highest BCUT2D eigenvalue weighted by molar-refractivity contribution is 9.10. The lowest BCUT2D eigenvalue weighted by molar-refractivity contribution is 0.0697. The summed E-state index contributed by atoms with van der Waals surface area (Å²) in [5, 5.41) is 8.92. The molecule has 0 atom stereocenters. The van der Waals surface area contributed by atoms with Crippen LogP contribution in [0.25, 0.3) is 0 Å². The Balaban J connectivity index is 2.09. The summed E-state index contributed by atoms with van der Waals surface area (Å²) in [7, 11) is 0. The fourth-order valence-corrected chi connectivity index (χ4v) is 3.03. The summed E-state index contributed by atoms with van der Waals surface area (Å²) in [6, 6.07) is 15.0. The molecule has 0 saturated carbocycles. The lowest BCUT2D eigenvalue weighted by Crippen LogP contribution is -1.96. The van der Waals surface area contributed by atoms with Crippen LogP contribution in [-0.4, -0.2) is 11.1 Å². The van der Waals surface area contributed by atoms with Crippen molar-refractivity contribution >= 4 is 33.7 Å². The molecule has 0 heterocycles. The lowest BCUT2D eigenvalue weighted by atomic mass is 10.1. The standard InChI is InChI=1S/C14H11BrO2S/c15-12-6-1-2-7-13(12)18-9-10-4-3-5-11(8-10)14(16)17/h1-8H,9H2,(H,16,17). The summed E-state index contributed by atoms with van der Waals surface area (Å²) >= 11 is 5.17. The van der Waals surface area contributed by atoms with Gasteiger partial charge in [0.2, 0.25) is 0 Å².